The number of nitrogens with zero attached hydrogens (tertiary/aromatic N) is 6. The molecule has 0 radical (unpaired) electrons. The van der Waals surface area contributed by atoms with Crippen molar-refractivity contribution in [3.05, 3.63) is 188 Å². The molecule has 0 aliphatic carbocycles. The predicted molar refractivity (Wildman–Crippen MR) is 248 cm³/mol. The molecule has 4 amide bonds. The number of carbonyl (C=O) groups is 2. The summed E-state index contributed by atoms with van der Waals surface area (Å²) < 4.78 is 90.9. The number of alkyl halides is 6. The van der Waals surface area contributed by atoms with Gasteiger partial charge in [-0.1, -0.05) is 91.5 Å². The third-order valence-electron chi connectivity index (χ3n) is 11.9. The van der Waals surface area contributed by atoms with E-state index in [0.29, 0.717) is 33.6 Å². The number of rotatable bonds is 6. The second-order valence-electron chi connectivity index (χ2n) is 16.2. The summed E-state index contributed by atoms with van der Waals surface area (Å²) in [5, 5.41) is 18.2. The molecule has 0 N–H and O–H groups in total. The highest BCUT2D eigenvalue weighted by atomic mass is 79.9. The minimum Gasteiger partial charge on any atom is -0.284 e. The van der Waals surface area contributed by atoms with E-state index in [1.807, 2.05) is 12.1 Å². The quantitative estimate of drug-likeness (QED) is 0.155. The summed E-state index contributed by atoms with van der Waals surface area (Å²) in [6.07, 6.45) is -9.54. The maximum absolute atomic E-state index is 14.9. The SMILES string of the molecule is Cc1cccc([C@@H]2N(c3ccc(Br)cc3)C(=O)N(c3ccc(C#N)cc3)[C@]2(C)C(F)(F)F)c1.Cc1cccc([C@H]2N(c3ccc(Br)cc3)C(=O)N(c3ccc(C#N)cc3)[C@@]2(C)C(F)(F)F)c1. The topological polar surface area (TPSA) is 94.7 Å². The second kappa shape index (κ2) is 18.0. The van der Waals surface area contributed by atoms with Crippen LogP contribution in [0.3, 0.4) is 0 Å². The molecule has 6 aromatic carbocycles. The van der Waals surface area contributed by atoms with Crippen LogP contribution in [0.4, 0.5) is 58.7 Å². The van der Waals surface area contributed by atoms with E-state index in [9.17, 15) is 35.9 Å². The molecule has 0 aromatic heterocycles. The van der Waals surface area contributed by atoms with E-state index >= 15 is 0 Å². The summed E-state index contributed by atoms with van der Waals surface area (Å²) in [4.78, 5) is 31.5. The smallest absolute Gasteiger partial charge is 0.284 e. The zero-order chi connectivity index (χ0) is 47.9. The first-order valence-corrected chi connectivity index (χ1v) is 21.8. The fourth-order valence-electron chi connectivity index (χ4n) is 8.62. The van der Waals surface area contributed by atoms with E-state index in [-0.39, 0.29) is 11.4 Å². The Morgan fingerprint density at radius 2 is 0.803 bits per heavy atom. The largest absolute Gasteiger partial charge is 0.414 e. The van der Waals surface area contributed by atoms with Crippen molar-refractivity contribution < 1.29 is 35.9 Å². The molecule has 4 atom stereocenters. The predicted octanol–water partition coefficient (Wildman–Crippen LogP) is 14.3. The van der Waals surface area contributed by atoms with E-state index < -0.39 is 47.6 Å². The van der Waals surface area contributed by atoms with E-state index in [0.717, 1.165) is 43.7 Å². The van der Waals surface area contributed by atoms with Gasteiger partial charge in [0.15, 0.2) is 11.1 Å². The van der Waals surface area contributed by atoms with Crippen LogP contribution in [0.15, 0.2) is 155 Å². The van der Waals surface area contributed by atoms with Gasteiger partial charge in [0.25, 0.3) is 0 Å². The van der Waals surface area contributed by atoms with Crippen LogP contribution in [0.2, 0.25) is 0 Å². The fraction of sp³-hybridized carbons (Fsp3) is 0.200. The molecule has 0 bridgehead atoms. The Morgan fingerprint density at radius 3 is 1.08 bits per heavy atom. The van der Waals surface area contributed by atoms with E-state index in [1.165, 1.54) is 58.3 Å². The van der Waals surface area contributed by atoms with Crippen LogP contribution in [0.1, 0.15) is 59.3 Å². The maximum atomic E-state index is 14.9. The van der Waals surface area contributed by atoms with Crippen LogP contribution in [0.25, 0.3) is 0 Å². The molecule has 2 aliphatic heterocycles. The molecular weight excluding hydrogens is 990 g/mol. The first kappa shape index (κ1) is 47.3. The van der Waals surface area contributed by atoms with Gasteiger partial charge < -0.3 is 0 Å². The number of benzene rings is 6. The van der Waals surface area contributed by atoms with Crippen molar-refractivity contribution in [2.75, 3.05) is 19.6 Å². The number of nitriles is 2. The van der Waals surface area contributed by atoms with Crippen molar-refractivity contribution >= 4 is 66.7 Å². The third kappa shape index (κ3) is 8.40. The van der Waals surface area contributed by atoms with Crippen LogP contribution < -0.4 is 19.6 Å². The Morgan fingerprint density at radius 1 is 0.500 bits per heavy atom. The fourth-order valence-corrected chi connectivity index (χ4v) is 9.15. The first-order chi connectivity index (χ1) is 31.1. The molecule has 8 rings (SSSR count). The highest BCUT2D eigenvalue weighted by Gasteiger charge is 2.70. The molecule has 0 unspecified atom stereocenters. The summed E-state index contributed by atoms with van der Waals surface area (Å²) in [6.45, 7) is 5.70. The van der Waals surface area contributed by atoms with Crippen molar-refractivity contribution in [2.24, 2.45) is 0 Å². The van der Waals surface area contributed by atoms with Crippen molar-refractivity contribution in [3.63, 3.8) is 0 Å². The summed E-state index contributed by atoms with van der Waals surface area (Å²) in [7, 11) is 0. The average molecular weight is 1030 g/mol. The van der Waals surface area contributed by atoms with Gasteiger partial charge in [-0.2, -0.15) is 36.9 Å². The number of hydrogen-bond donors (Lipinski definition) is 0. The lowest BCUT2D eigenvalue weighted by atomic mass is 9.84. The number of aryl methyl sites for hydroxylation is 2. The van der Waals surface area contributed by atoms with Crippen LogP contribution in [0.5, 0.6) is 0 Å². The summed E-state index contributed by atoms with van der Waals surface area (Å²) in [6, 6.07) is 37.5. The van der Waals surface area contributed by atoms with Gasteiger partial charge in [0.05, 0.1) is 35.3 Å². The number of amides is 4. The number of anilines is 4. The molecular formula is C50H38Br2F6N6O2. The van der Waals surface area contributed by atoms with Gasteiger partial charge in [-0.25, -0.2) is 9.59 Å². The molecule has 2 saturated heterocycles. The van der Waals surface area contributed by atoms with Gasteiger partial charge in [-0.3, -0.25) is 19.6 Å². The average Bonchev–Trinajstić information content (AvgIpc) is 3.68. The molecule has 8 nitrogen and oxygen atoms in total. The van der Waals surface area contributed by atoms with Gasteiger partial charge in [0, 0.05) is 31.7 Å². The highest BCUT2D eigenvalue weighted by Crippen LogP contribution is 2.56. The Hall–Kier alpha value is -6.62. The number of hydrogen-bond acceptors (Lipinski definition) is 4. The van der Waals surface area contributed by atoms with E-state index in [1.54, 1.807) is 111 Å². The van der Waals surface area contributed by atoms with Gasteiger partial charge in [-0.05, 0) is 136 Å². The molecule has 16 heteroatoms. The molecule has 2 fully saturated rings. The van der Waals surface area contributed by atoms with Crippen molar-refractivity contribution in [2.45, 2.75) is 63.2 Å². The monoisotopic (exact) mass is 1030 g/mol. The van der Waals surface area contributed by atoms with Crippen molar-refractivity contribution in [1.82, 2.24) is 0 Å². The highest BCUT2D eigenvalue weighted by molar-refractivity contribution is 9.10. The van der Waals surface area contributed by atoms with E-state index in [2.05, 4.69) is 31.9 Å². The minimum absolute atomic E-state index is 0.0658. The molecule has 0 saturated carbocycles. The molecule has 336 valence electrons. The lowest BCUT2D eigenvalue weighted by molar-refractivity contribution is -0.182. The van der Waals surface area contributed by atoms with Crippen LogP contribution in [-0.2, 0) is 0 Å². The minimum atomic E-state index is -4.77. The van der Waals surface area contributed by atoms with Crippen molar-refractivity contribution in [3.8, 4) is 12.1 Å². The van der Waals surface area contributed by atoms with Crippen LogP contribution in [-0.4, -0.2) is 35.5 Å². The normalized spacial score (nSPS) is 20.8. The van der Waals surface area contributed by atoms with Crippen LogP contribution in [0, 0.1) is 36.5 Å². The molecule has 0 spiro atoms. The zero-order valence-electron chi connectivity index (χ0n) is 35.5. The Kier molecular flexibility index (Phi) is 12.9. The lowest BCUT2D eigenvalue weighted by Crippen LogP contribution is -2.57. The maximum Gasteiger partial charge on any atom is 0.414 e. The van der Waals surface area contributed by atoms with Gasteiger partial charge in [0.1, 0.15) is 0 Å². The molecule has 2 aliphatic rings. The van der Waals surface area contributed by atoms with Gasteiger partial charge in [0.2, 0.25) is 0 Å². The third-order valence-corrected chi connectivity index (χ3v) is 12.9. The van der Waals surface area contributed by atoms with Gasteiger partial charge >= 0.3 is 24.4 Å². The standard InChI is InChI=1S/2C25H19BrF3N3O/c2*1-16-4-3-5-18(14-16)22-24(2,25(27,28)29)32(21-10-6-17(15-30)7-11-21)23(33)31(22)20-12-8-19(26)9-13-20/h2*3-14,22H,1-2H3/t2*22-,24-/m10/s1. The first-order valence-electron chi connectivity index (χ1n) is 20.2. The summed E-state index contributed by atoms with van der Waals surface area (Å²) in [5.74, 6) is 0. The van der Waals surface area contributed by atoms with Crippen LogP contribution >= 0.6 is 31.9 Å². The Labute approximate surface area is 394 Å². The summed E-state index contributed by atoms with van der Waals surface area (Å²) >= 11 is 6.67. The number of carbonyl (C=O) groups excluding carboxylic acids is 2. The van der Waals surface area contributed by atoms with Crippen molar-refractivity contribution in [1.29, 1.82) is 10.5 Å². The molecule has 2 heterocycles. The zero-order valence-corrected chi connectivity index (χ0v) is 38.7. The lowest BCUT2D eigenvalue weighted by Gasteiger charge is -2.40. The summed E-state index contributed by atoms with van der Waals surface area (Å²) in [5.41, 5.74) is -1.43. The Balaban J connectivity index is 0.000000196. The molecule has 66 heavy (non-hydrogen) atoms. The van der Waals surface area contributed by atoms with E-state index in [4.69, 9.17) is 10.5 Å². The number of halogens is 8. The van der Waals surface area contributed by atoms with Gasteiger partial charge in [-0.15, -0.1) is 0 Å². The second-order valence-corrected chi connectivity index (χ2v) is 18.0. The Bertz CT molecular complexity index is 2670. The molecule has 6 aromatic rings. The number of urea groups is 2.